The maximum atomic E-state index is 12.7. The molecule has 0 spiro atoms. The number of carbonyl (C=O) groups excluding carboxylic acids is 1. The number of para-hydroxylation sites is 1. The molecule has 1 atom stereocenters. The molecule has 1 aromatic heterocycles. The van der Waals surface area contributed by atoms with Crippen molar-refractivity contribution in [2.75, 3.05) is 11.9 Å². The number of carbonyl (C=O) groups is 1. The molecule has 5 heteroatoms. The molecule has 5 nitrogen and oxygen atoms in total. The standard InChI is InChI=1S/C20H20N2O3/c23-18(19-12-7-13-25-19)15-22(14-16-8-3-1-4-9-16)20(24)21-17-10-5-2-6-11-17/h1-13,18,23H,14-15H2,(H,21,24). The molecule has 0 radical (unpaired) electrons. The predicted octanol–water partition coefficient (Wildman–Crippen LogP) is 4.05. The van der Waals surface area contributed by atoms with Crippen molar-refractivity contribution in [1.82, 2.24) is 4.90 Å². The van der Waals surface area contributed by atoms with Crippen molar-refractivity contribution >= 4 is 11.7 Å². The highest BCUT2D eigenvalue weighted by Crippen LogP contribution is 2.17. The molecule has 2 amide bonds. The molecule has 3 aromatic rings. The summed E-state index contributed by atoms with van der Waals surface area (Å²) in [6.07, 6.45) is 0.615. The number of hydrogen-bond acceptors (Lipinski definition) is 3. The quantitative estimate of drug-likeness (QED) is 0.714. The molecule has 0 aliphatic carbocycles. The van der Waals surface area contributed by atoms with E-state index in [4.69, 9.17) is 4.42 Å². The number of rotatable bonds is 6. The highest BCUT2D eigenvalue weighted by Gasteiger charge is 2.20. The summed E-state index contributed by atoms with van der Waals surface area (Å²) >= 11 is 0. The van der Waals surface area contributed by atoms with E-state index in [2.05, 4.69) is 5.32 Å². The first-order valence-electron chi connectivity index (χ1n) is 8.09. The van der Waals surface area contributed by atoms with Gasteiger partial charge < -0.3 is 19.7 Å². The van der Waals surface area contributed by atoms with Crippen LogP contribution < -0.4 is 5.32 Å². The molecule has 25 heavy (non-hydrogen) atoms. The minimum atomic E-state index is -0.889. The second-order valence-corrected chi connectivity index (χ2v) is 5.69. The highest BCUT2D eigenvalue weighted by molar-refractivity contribution is 5.89. The Labute approximate surface area is 146 Å². The second kappa shape index (κ2) is 8.17. The Morgan fingerprint density at radius 3 is 2.32 bits per heavy atom. The van der Waals surface area contributed by atoms with Gasteiger partial charge >= 0.3 is 6.03 Å². The van der Waals surface area contributed by atoms with Gasteiger partial charge in [0.1, 0.15) is 11.9 Å². The average molecular weight is 336 g/mol. The molecular weight excluding hydrogens is 316 g/mol. The summed E-state index contributed by atoms with van der Waals surface area (Å²) in [5.41, 5.74) is 1.69. The Morgan fingerprint density at radius 1 is 1.00 bits per heavy atom. The second-order valence-electron chi connectivity index (χ2n) is 5.69. The van der Waals surface area contributed by atoms with E-state index in [1.807, 2.05) is 60.7 Å². The molecule has 3 rings (SSSR count). The third kappa shape index (κ3) is 4.71. The van der Waals surface area contributed by atoms with E-state index in [1.54, 1.807) is 17.0 Å². The molecule has 0 saturated carbocycles. The van der Waals surface area contributed by atoms with Gasteiger partial charge in [-0.05, 0) is 29.8 Å². The number of benzene rings is 2. The highest BCUT2D eigenvalue weighted by atomic mass is 16.4. The number of anilines is 1. The molecule has 2 aromatic carbocycles. The number of nitrogens with zero attached hydrogens (tertiary/aromatic N) is 1. The molecule has 2 N–H and O–H groups in total. The van der Waals surface area contributed by atoms with Crippen molar-refractivity contribution in [3.05, 3.63) is 90.4 Å². The third-order valence-corrected chi connectivity index (χ3v) is 3.79. The smallest absolute Gasteiger partial charge is 0.322 e. The molecule has 0 saturated heterocycles. The lowest BCUT2D eigenvalue weighted by Crippen LogP contribution is -2.37. The lowest BCUT2D eigenvalue weighted by atomic mass is 10.2. The summed E-state index contributed by atoms with van der Waals surface area (Å²) in [6.45, 7) is 0.512. The van der Waals surface area contributed by atoms with Crippen LogP contribution in [0.5, 0.6) is 0 Å². The fourth-order valence-electron chi connectivity index (χ4n) is 2.53. The maximum Gasteiger partial charge on any atom is 0.322 e. The average Bonchev–Trinajstić information content (AvgIpc) is 3.18. The van der Waals surface area contributed by atoms with Gasteiger partial charge in [0.05, 0.1) is 12.8 Å². The maximum absolute atomic E-state index is 12.7. The van der Waals surface area contributed by atoms with Crippen molar-refractivity contribution in [2.24, 2.45) is 0 Å². The number of urea groups is 1. The molecule has 128 valence electrons. The minimum Gasteiger partial charge on any atom is -0.467 e. The molecule has 0 bridgehead atoms. The van der Waals surface area contributed by atoms with Gasteiger partial charge in [-0.25, -0.2) is 4.79 Å². The van der Waals surface area contributed by atoms with E-state index in [9.17, 15) is 9.90 Å². The van der Waals surface area contributed by atoms with Gasteiger partial charge in [0, 0.05) is 12.2 Å². The fraction of sp³-hybridized carbons (Fsp3) is 0.150. The first-order valence-corrected chi connectivity index (χ1v) is 8.09. The van der Waals surface area contributed by atoms with Gasteiger partial charge in [0.15, 0.2) is 0 Å². The van der Waals surface area contributed by atoms with Crippen LogP contribution in [0.3, 0.4) is 0 Å². The van der Waals surface area contributed by atoms with Crippen LogP contribution in [0.4, 0.5) is 10.5 Å². The number of aliphatic hydroxyl groups excluding tert-OH is 1. The van der Waals surface area contributed by atoms with Gasteiger partial charge in [-0.15, -0.1) is 0 Å². The van der Waals surface area contributed by atoms with E-state index >= 15 is 0 Å². The van der Waals surface area contributed by atoms with Crippen molar-refractivity contribution in [1.29, 1.82) is 0 Å². The fourth-order valence-corrected chi connectivity index (χ4v) is 2.53. The van der Waals surface area contributed by atoms with Crippen molar-refractivity contribution in [2.45, 2.75) is 12.6 Å². The molecule has 0 fully saturated rings. The lowest BCUT2D eigenvalue weighted by molar-refractivity contribution is 0.105. The summed E-state index contributed by atoms with van der Waals surface area (Å²) in [5.74, 6) is 0.436. The number of nitrogens with one attached hydrogen (secondary N) is 1. The van der Waals surface area contributed by atoms with Gasteiger partial charge in [0.25, 0.3) is 0 Å². The number of aliphatic hydroxyl groups is 1. The normalized spacial score (nSPS) is 11.7. The largest absolute Gasteiger partial charge is 0.467 e. The van der Waals surface area contributed by atoms with Crippen LogP contribution in [0.15, 0.2) is 83.5 Å². The molecular formula is C20H20N2O3. The van der Waals surface area contributed by atoms with Crippen LogP contribution in [0.1, 0.15) is 17.4 Å². The Bertz CT molecular complexity index is 773. The van der Waals surface area contributed by atoms with Crippen LogP contribution in [0.25, 0.3) is 0 Å². The summed E-state index contributed by atoms with van der Waals surface area (Å²) < 4.78 is 5.24. The summed E-state index contributed by atoms with van der Waals surface area (Å²) in [5, 5.41) is 13.2. The lowest BCUT2D eigenvalue weighted by Gasteiger charge is -2.25. The number of amides is 2. The Balaban J connectivity index is 1.74. The van der Waals surface area contributed by atoms with Gasteiger partial charge in [-0.2, -0.15) is 0 Å². The molecule has 1 heterocycles. The zero-order valence-electron chi connectivity index (χ0n) is 13.7. The predicted molar refractivity (Wildman–Crippen MR) is 96.0 cm³/mol. The van der Waals surface area contributed by atoms with E-state index < -0.39 is 6.10 Å². The van der Waals surface area contributed by atoms with Gasteiger partial charge in [-0.3, -0.25) is 0 Å². The van der Waals surface area contributed by atoms with Crippen LogP contribution in [0.2, 0.25) is 0 Å². The van der Waals surface area contributed by atoms with Crippen LogP contribution in [-0.4, -0.2) is 22.6 Å². The van der Waals surface area contributed by atoms with Crippen molar-refractivity contribution in [3.8, 4) is 0 Å². The van der Waals surface area contributed by atoms with E-state index in [0.717, 1.165) is 5.56 Å². The summed E-state index contributed by atoms with van der Waals surface area (Å²) in [4.78, 5) is 14.3. The minimum absolute atomic E-state index is 0.126. The van der Waals surface area contributed by atoms with Crippen LogP contribution >= 0.6 is 0 Å². The first-order chi connectivity index (χ1) is 12.2. The van der Waals surface area contributed by atoms with Crippen LogP contribution in [-0.2, 0) is 6.54 Å². The summed E-state index contributed by atoms with van der Waals surface area (Å²) in [7, 11) is 0. The number of hydrogen-bond donors (Lipinski definition) is 2. The monoisotopic (exact) mass is 336 g/mol. The molecule has 0 aliphatic rings. The van der Waals surface area contributed by atoms with Gasteiger partial charge in [-0.1, -0.05) is 48.5 Å². The van der Waals surface area contributed by atoms with E-state index in [0.29, 0.717) is 18.0 Å². The van der Waals surface area contributed by atoms with Gasteiger partial charge in [0.2, 0.25) is 0 Å². The molecule has 0 aliphatic heterocycles. The van der Waals surface area contributed by atoms with E-state index in [1.165, 1.54) is 6.26 Å². The Morgan fingerprint density at radius 2 is 1.68 bits per heavy atom. The van der Waals surface area contributed by atoms with Crippen molar-refractivity contribution in [3.63, 3.8) is 0 Å². The SMILES string of the molecule is O=C(Nc1ccccc1)N(Cc1ccccc1)CC(O)c1ccco1. The molecule has 1 unspecified atom stereocenters. The zero-order chi connectivity index (χ0) is 17.5. The third-order valence-electron chi connectivity index (χ3n) is 3.79. The Hall–Kier alpha value is -3.05. The van der Waals surface area contributed by atoms with E-state index in [-0.39, 0.29) is 12.6 Å². The first kappa shape index (κ1) is 16.8. The number of furan rings is 1. The Kier molecular flexibility index (Phi) is 5.49. The summed E-state index contributed by atoms with van der Waals surface area (Å²) in [6, 6.07) is 22.0. The van der Waals surface area contributed by atoms with Crippen molar-refractivity contribution < 1.29 is 14.3 Å². The zero-order valence-corrected chi connectivity index (χ0v) is 13.7. The topological polar surface area (TPSA) is 65.7 Å². The van der Waals surface area contributed by atoms with Crippen LogP contribution in [0, 0.1) is 0 Å².